The monoisotopic (exact) mass is 226 g/mol. The van der Waals surface area contributed by atoms with Crippen LogP contribution >= 0.6 is 0 Å². The lowest BCUT2D eigenvalue weighted by molar-refractivity contribution is -0.130. The number of benzene rings is 1. The van der Waals surface area contributed by atoms with Gasteiger partial charge in [-0.3, -0.25) is 0 Å². The molecule has 0 bridgehead atoms. The molecule has 0 fully saturated rings. The standard InChI is InChI=1S/C13H10N2O2/c16-13(17)8-4-3-7-11-12(8)15-10-6-2-1-5-9(10)14-11/h1-2,5-7H,3-4H2,(H,16,17). The van der Waals surface area contributed by atoms with Crippen molar-refractivity contribution in [3.63, 3.8) is 0 Å². The largest absolute Gasteiger partial charge is 0.478 e. The summed E-state index contributed by atoms with van der Waals surface area (Å²) in [5, 5.41) is 10.3. The van der Waals surface area contributed by atoms with Crippen molar-refractivity contribution in [2.75, 3.05) is 0 Å². The fraction of sp³-hybridized carbons (Fsp3) is 0.154. The highest BCUT2D eigenvalue weighted by atomic mass is 16.4. The van der Waals surface area contributed by atoms with Crippen LogP contribution in [0.1, 0.15) is 12.8 Å². The number of carbonyl (C=O) groups is 1. The van der Waals surface area contributed by atoms with Crippen LogP contribution in [0.15, 0.2) is 24.3 Å². The van der Waals surface area contributed by atoms with Crippen LogP contribution in [0.3, 0.4) is 0 Å². The highest BCUT2D eigenvalue weighted by molar-refractivity contribution is 6.08. The number of nitrogens with zero attached hydrogens (tertiary/aromatic N) is 2. The van der Waals surface area contributed by atoms with Crippen LogP contribution in [-0.4, -0.2) is 21.0 Å². The van der Waals surface area contributed by atoms with Gasteiger partial charge in [0.15, 0.2) is 0 Å². The van der Waals surface area contributed by atoms with Crippen LogP contribution < -0.4 is 10.7 Å². The molecule has 0 aliphatic heterocycles. The third-order valence-corrected chi connectivity index (χ3v) is 2.87. The normalized spacial score (nSPS) is 14.2. The molecule has 1 heterocycles. The number of carboxylic acid groups (broad SMARTS) is 1. The Bertz CT molecular complexity index is 735. The Morgan fingerprint density at radius 3 is 2.59 bits per heavy atom. The number of hydrogen-bond donors (Lipinski definition) is 1. The molecule has 1 aliphatic carbocycles. The van der Waals surface area contributed by atoms with Gasteiger partial charge < -0.3 is 5.11 Å². The van der Waals surface area contributed by atoms with Gasteiger partial charge in [0.25, 0.3) is 0 Å². The summed E-state index contributed by atoms with van der Waals surface area (Å²) < 4.78 is 0. The van der Waals surface area contributed by atoms with Crippen LogP contribution in [0.4, 0.5) is 0 Å². The van der Waals surface area contributed by atoms with Crippen molar-refractivity contribution in [1.82, 2.24) is 9.97 Å². The van der Waals surface area contributed by atoms with Crippen LogP contribution in [0, 0.1) is 0 Å². The van der Waals surface area contributed by atoms with E-state index in [9.17, 15) is 4.79 Å². The van der Waals surface area contributed by atoms with Crippen molar-refractivity contribution in [3.8, 4) is 0 Å². The van der Waals surface area contributed by atoms with E-state index in [0.717, 1.165) is 11.0 Å². The molecule has 2 aromatic rings. The van der Waals surface area contributed by atoms with Gasteiger partial charge in [-0.2, -0.15) is 0 Å². The Labute approximate surface area is 96.9 Å². The minimum absolute atomic E-state index is 0.362. The third kappa shape index (κ3) is 1.58. The Morgan fingerprint density at radius 2 is 1.88 bits per heavy atom. The molecule has 0 spiro atoms. The molecule has 0 radical (unpaired) electrons. The van der Waals surface area contributed by atoms with Crippen molar-refractivity contribution < 1.29 is 9.90 Å². The minimum Gasteiger partial charge on any atom is -0.478 e. The first-order chi connectivity index (χ1) is 8.25. The number of hydrogen-bond acceptors (Lipinski definition) is 3. The molecular formula is C13H10N2O2. The summed E-state index contributed by atoms with van der Waals surface area (Å²) in [6, 6.07) is 7.49. The summed E-state index contributed by atoms with van der Waals surface area (Å²) in [6.45, 7) is 0. The van der Waals surface area contributed by atoms with E-state index >= 15 is 0 Å². The van der Waals surface area contributed by atoms with Crippen molar-refractivity contribution in [2.45, 2.75) is 12.8 Å². The molecule has 0 amide bonds. The number of aliphatic carboxylic acids is 1. The Kier molecular flexibility index (Phi) is 2.14. The zero-order valence-corrected chi connectivity index (χ0v) is 9.05. The zero-order valence-electron chi connectivity index (χ0n) is 9.05. The van der Waals surface area contributed by atoms with Gasteiger partial charge in [0, 0.05) is 0 Å². The number of carboxylic acids is 1. The first-order valence-corrected chi connectivity index (χ1v) is 5.45. The maximum atomic E-state index is 11.1. The van der Waals surface area contributed by atoms with E-state index in [1.807, 2.05) is 30.3 Å². The van der Waals surface area contributed by atoms with Crippen molar-refractivity contribution in [3.05, 3.63) is 35.0 Å². The molecule has 0 atom stereocenters. The molecule has 3 rings (SSSR count). The van der Waals surface area contributed by atoms with Gasteiger partial charge in [-0.1, -0.05) is 18.2 Å². The van der Waals surface area contributed by atoms with E-state index in [1.165, 1.54) is 0 Å². The van der Waals surface area contributed by atoms with Gasteiger partial charge in [-0.15, -0.1) is 0 Å². The lowest BCUT2D eigenvalue weighted by Crippen LogP contribution is -2.37. The minimum atomic E-state index is -0.899. The second-order valence-corrected chi connectivity index (χ2v) is 3.97. The molecule has 4 nitrogen and oxygen atoms in total. The topological polar surface area (TPSA) is 63.1 Å². The molecule has 1 aromatic heterocycles. The molecule has 1 aliphatic rings. The SMILES string of the molecule is O=C(O)C1=c2nc3ccccc3nc2=CCC1. The maximum absolute atomic E-state index is 11.1. The number of fused-ring (bicyclic) bond motifs is 2. The predicted molar refractivity (Wildman–Crippen MR) is 63.5 cm³/mol. The second-order valence-electron chi connectivity index (χ2n) is 3.97. The Hall–Kier alpha value is -2.23. The van der Waals surface area contributed by atoms with E-state index < -0.39 is 5.97 Å². The maximum Gasteiger partial charge on any atom is 0.333 e. The molecule has 1 N–H and O–H groups in total. The highest BCUT2D eigenvalue weighted by Gasteiger charge is 2.13. The smallest absolute Gasteiger partial charge is 0.333 e. The van der Waals surface area contributed by atoms with E-state index in [2.05, 4.69) is 9.97 Å². The zero-order chi connectivity index (χ0) is 11.8. The first kappa shape index (κ1) is 9.96. The molecule has 4 heteroatoms. The Morgan fingerprint density at radius 1 is 1.18 bits per heavy atom. The summed E-state index contributed by atoms with van der Waals surface area (Å²) in [5.74, 6) is -0.899. The molecule has 0 saturated heterocycles. The first-order valence-electron chi connectivity index (χ1n) is 5.45. The number of para-hydroxylation sites is 2. The average Bonchev–Trinajstić information content (AvgIpc) is 2.35. The summed E-state index contributed by atoms with van der Waals surface area (Å²) in [6.07, 6.45) is 3.18. The summed E-state index contributed by atoms with van der Waals surface area (Å²) >= 11 is 0. The number of aromatic nitrogens is 2. The quantitative estimate of drug-likeness (QED) is 0.766. The third-order valence-electron chi connectivity index (χ3n) is 2.87. The Balaban J connectivity index is 2.49. The van der Waals surface area contributed by atoms with Crippen molar-refractivity contribution >= 4 is 28.7 Å². The fourth-order valence-corrected chi connectivity index (χ4v) is 2.06. The summed E-state index contributed by atoms with van der Waals surface area (Å²) in [7, 11) is 0. The molecular weight excluding hydrogens is 216 g/mol. The van der Waals surface area contributed by atoms with Crippen LogP contribution in [-0.2, 0) is 4.79 Å². The fourth-order valence-electron chi connectivity index (χ4n) is 2.06. The highest BCUT2D eigenvalue weighted by Crippen LogP contribution is 2.09. The van der Waals surface area contributed by atoms with E-state index in [0.29, 0.717) is 29.1 Å². The summed E-state index contributed by atoms with van der Waals surface area (Å²) in [5.41, 5.74) is 1.90. The lowest BCUT2D eigenvalue weighted by Gasteiger charge is -2.06. The molecule has 0 saturated carbocycles. The van der Waals surface area contributed by atoms with Crippen molar-refractivity contribution in [1.29, 1.82) is 0 Å². The van der Waals surface area contributed by atoms with Crippen LogP contribution in [0.5, 0.6) is 0 Å². The van der Waals surface area contributed by atoms with Crippen LogP contribution in [0.25, 0.3) is 22.7 Å². The van der Waals surface area contributed by atoms with Gasteiger partial charge in [0.1, 0.15) is 0 Å². The van der Waals surface area contributed by atoms with Crippen molar-refractivity contribution in [2.24, 2.45) is 0 Å². The van der Waals surface area contributed by atoms with Gasteiger partial charge >= 0.3 is 5.97 Å². The van der Waals surface area contributed by atoms with Gasteiger partial charge in [-0.05, 0) is 25.0 Å². The molecule has 84 valence electrons. The lowest BCUT2D eigenvalue weighted by atomic mass is 10.1. The van der Waals surface area contributed by atoms with Crippen LogP contribution in [0.2, 0.25) is 0 Å². The number of rotatable bonds is 1. The van der Waals surface area contributed by atoms with E-state index in [-0.39, 0.29) is 0 Å². The van der Waals surface area contributed by atoms with Gasteiger partial charge in [0.2, 0.25) is 0 Å². The van der Waals surface area contributed by atoms with E-state index in [4.69, 9.17) is 5.11 Å². The van der Waals surface area contributed by atoms with Gasteiger partial charge in [-0.25, -0.2) is 14.8 Å². The summed E-state index contributed by atoms with van der Waals surface area (Å²) in [4.78, 5) is 20.0. The second kappa shape index (κ2) is 3.66. The molecule has 0 unspecified atom stereocenters. The molecule has 1 aromatic carbocycles. The van der Waals surface area contributed by atoms with E-state index in [1.54, 1.807) is 0 Å². The predicted octanol–water partition coefficient (Wildman–Crippen LogP) is 0.439. The van der Waals surface area contributed by atoms with Gasteiger partial charge in [0.05, 0.1) is 27.3 Å². The average molecular weight is 226 g/mol. The molecule has 17 heavy (non-hydrogen) atoms.